The predicted octanol–water partition coefficient (Wildman–Crippen LogP) is 1.95. The average molecular weight is 223 g/mol. The van der Waals surface area contributed by atoms with Gasteiger partial charge in [-0.2, -0.15) is 5.26 Å². The molecule has 1 rings (SSSR count). The molecule has 0 aromatic carbocycles. The summed E-state index contributed by atoms with van der Waals surface area (Å²) in [4.78, 5) is 4.87. The van der Waals surface area contributed by atoms with Gasteiger partial charge < -0.3 is 0 Å². The normalized spacial score (nSPS) is 26.9. The van der Waals surface area contributed by atoms with Gasteiger partial charge in [0.05, 0.1) is 12.5 Å². The number of hydrogen-bond acceptors (Lipinski definition) is 3. The molecule has 3 nitrogen and oxygen atoms in total. The maximum absolute atomic E-state index is 8.89. The number of nitrogens with zero attached hydrogens (tertiary/aromatic N) is 3. The quantitative estimate of drug-likeness (QED) is 0.732. The Kier molecular flexibility index (Phi) is 4.35. The molecule has 1 aliphatic rings. The first-order chi connectivity index (χ1) is 7.36. The van der Waals surface area contributed by atoms with Crippen LogP contribution in [0.4, 0.5) is 0 Å². The molecule has 1 saturated heterocycles. The fraction of sp³-hybridized carbons (Fsp3) is 0.923. The van der Waals surface area contributed by atoms with Crippen LogP contribution in [-0.2, 0) is 0 Å². The highest BCUT2D eigenvalue weighted by atomic mass is 15.3. The number of rotatable bonds is 3. The van der Waals surface area contributed by atoms with E-state index in [1.165, 1.54) is 0 Å². The summed E-state index contributed by atoms with van der Waals surface area (Å²) in [6, 6.07) is 2.73. The Morgan fingerprint density at radius 2 is 2.06 bits per heavy atom. The molecule has 1 aliphatic heterocycles. The fourth-order valence-electron chi connectivity index (χ4n) is 2.41. The van der Waals surface area contributed by atoms with Crippen molar-refractivity contribution < 1.29 is 0 Å². The lowest BCUT2D eigenvalue weighted by Crippen LogP contribution is -2.62. The zero-order valence-electron chi connectivity index (χ0n) is 11.3. The molecule has 0 aliphatic carbocycles. The first-order valence-corrected chi connectivity index (χ1v) is 6.19. The van der Waals surface area contributed by atoms with E-state index in [1.807, 2.05) is 0 Å². The van der Waals surface area contributed by atoms with E-state index in [2.05, 4.69) is 50.6 Å². The van der Waals surface area contributed by atoms with Gasteiger partial charge in [-0.3, -0.25) is 9.80 Å². The molecule has 0 radical (unpaired) electrons. The fourth-order valence-corrected chi connectivity index (χ4v) is 2.41. The third-order valence-electron chi connectivity index (χ3n) is 3.55. The lowest BCUT2D eigenvalue weighted by molar-refractivity contribution is -0.00505. The van der Waals surface area contributed by atoms with Crippen LogP contribution in [0.15, 0.2) is 0 Å². The van der Waals surface area contributed by atoms with E-state index in [9.17, 15) is 0 Å². The van der Waals surface area contributed by atoms with Gasteiger partial charge in [-0.1, -0.05) is 13.8 Å². The van der Waals surface area contributed by atoms with Crippen LogP contribution in [0.1, 0.15) is 34.1 Å². The summed E-state index contributed by atoms with van der Waals surface area (Å²) in [5, 5.41) is 8.89. The highest BCUT2D eigenvalue weighted by Gasteiger charge is 2.36. The van der Waals surface area contributed by atoms with Gasteiger partial charge in [-0.15, -0.1) is 0 Å². The molecule has 92 valence electrons. The van der Waals surface area contributed by atoms with Gasteiger partial charge in [0.2, 0.25) is 0 Å². The monoisotopic (exact) mass is 223 g/mol. The molecule has 3 heteroatoms. The summed E-state index contributed by atoms with van der Waals surface area (Å²) < 4.78 is 0. The number of hydrogen-bond donors (Lipinski definition) is 0. The van der Waals surface area contributed by atoms with Crippen molar-refractivity contribution in [1.82, 2.24) is 9.80 Å². The van der Waals surface area contributed by atoms with Crippen LogP contribution in [0, 0.1) is 17.2 Å². The molecule has 1 atom stereocenters. The smallest absolute Gasteiger partial charge is 0.0638 e. The van der Waals surface area contributed by atoms with E-state index in [0.717, 1.165) is 19.6 Å². The van der Waals surface area contributed by atoms with Crippen LogP contribution in [0.5, 0.6) is 0 Å². The van der Waals surface area contributed by atoms with Gasteiger partial charge in [0.15, 0.2) is 0 Å². The molecular weight excluding hydrogens is 198 g/mol. The van der Waals surface area contributed by atoms with Crippen LogP contribution >= 0.6 is 0 Å². The predicted molar refractivity (Wildman–Crippen MR) is 67.1 cm³/mol. The minimum atomic E-state index is 0.223. The lowest BCUT2D eigenvalue weighted by atomic mass is 9.94. The number of piperazine rings is 1. The summed E-state index contributed by atoms with van der Waals surface area (Å²) in [6.07, 6.45) is 0.646. The van der Waals surface area contributed by atoms with E-state index in [0.29, 0.717) is 18.4 Å². The van der Waals surface area contributed by atoms with Crippen LogP contribution in [-0.4, -0.2) is 48.1 Å². The molecule has 0 saturated carbocycles. The van der Waals surface area contributed by atoms with E-state index in [4.69, 9.17) is 5.26 Å². The van der Waals surface area contributed by atoms with Crippen LogP contribution < -0.4 is 0 Å². The Morgan fingerprint density at radius 1 is 1.44 bits per heavy atom. The second-order valence-corrected chi connectivity index (χ2v) is 6.03. The molecule has 0 aromatic rings. The van der Waals surface area contributed by atoms with Crippen LogP contribution in [0.3, 0.4) is 0 Å². The number of likely N-dealkylation sites (N-methyl/N-ethyl adjacent to an activating group) is 1. The van der Waals surface area contributed by atoms with E-state index >= 15 is 0 Å². The van der Waals surface area contributed by atoms with Crippen molar-refractivity contribution in [1.29, 1.82) is 5.26 Å². The Morgan fingerprint density at radius 3 is 2.56 bits per heavy atom. The highest BCUT2D eigenvalue weighted by molar-refractivity contribution is 4.96. The topological polar surface area (TPSA) is 30.3 Å². The molecule has 1 fully saturated rings. The SMILES string of the molecule is CC(C)CN1CC(C)(C)N(C)CC1CC#N. The Hall–Kier alpha value is -0.590. The molecule has 0 spiro atoms. The molecule has 1 unspecified atom stereocenters. The highest BCUT2D eigenvalue weighted by Crippen LogP contribution is 2.24. The second kappa shape index (κ2) is 5.16. The van der Waals surface area contributed by atoms with Crippen LogP contribution in [0.2, 0.25) is 0 Å². The van der Waals surface area contributed by atoms with Crippen molar-refractivity contribution in [2.24, 2.45) is 5.92 Å². The molecule has 0 bridgehead atoms. The van der Waals surface area contributed by atoms with Crippen LogP contribution in [0.25, 0.3) is 0 Å². The summed E-state index contributed by atoms with van der Waals surface area (Å²) in [7, 11) is 2.16. The Balaban J connectivity index is 2.72. The van der Waals surface area contributed by atoms with Gasteiger partial charge in [0.25, 0.3) is 0 Å². The standard InChI is InChI=1S/C13H25N3/c1-11(2)8-16-10-13(3,4)15(5)9-12(16)6-7-14/h11-12H,6,8-10H2,1-5H3. The van der Waals surface area contributed by atoms with E-state index in [1.54, 1.807) is 0 Å². The van der Waals surface area contributed by atoms with Crippen molar-refractivity contribution in [2.75, 3.05) is 26.7 Å². The maximum atomic E-state index is 8.89. The van der Waals surface area contributed by atoms with Gasteiger partial charge in [-0.05, 0) is 26.8 Å². The third kappa shape index (κ3) is 3.20. The summed E-state index contributed by atoms with van der Waals surface area (Å²) in [5.41, 5.74) is 0.223. The second-order valence-electron chi connectivity index (χ2n) is 6.03. The summed E-state index contributed by atoms with van der Waals surface area (Å²) >= 11 is 0. The van der Waals surface area contributed by atoms with Crippen molar-refractivity contribution in [3.05, 3.63) is 0 Å². The molecule has 0 N–H and O–H groups in total. The van der Waals surface area contributed by atoms with Gasteiger partial charge in [0, 0.05) is 31.2 Å². The number of nitriles is 1. The van der Waals surface area contributed by atoms with Crippen molar-refractivity contribution >= 4 is 0 Å². The van der Waals surface area contributed by atoms with Gasteiger partial charge in [0.1, 0.15) is 0 Å². The van der Waals surface area contributed by atoms with Crippen molar-refractivity contribution in [3.8, 4) is 6.07 Å². The summed E-state index contributed by atoms with van der Waals surface area (Å²) in [5.74, 6) is 0.667. The Labute approximate surface area is 100 Å². The lowest BCUT2D eigenvalue weighted by Gasteiger charge is -2.49. The van der Waals surface area contributed by atoms with Crippen molar-refractivity contribution in [2.45, 2.75) is 45.7 Å². The largest absolute Gasteiger partial charge is 0.298 e. The molecule has 0 amide bonds. The molecule has 1 heterocycles. The average Bonchev–Trinajstić information content (AvgIpc) is 2.12. The molecule has 16 heavy (non-hydrogen) atoms. The Bertz CT molecular complexity index is 265. The van der Waals surface area contributed by atoms with Gasteiger partial charge in [-0.25, -0.2) is 0 Å². The molecular formula is C13H25N3. The minimum Gasteiger partial charge on any atom is -0.298 e. The molecule has 0 aromatic heterocycles. The maximum Gasteiger partial charge on any atom is 0.0638 e. The summed E-state index contributed by atoms with van der Waals surface area (Å²) in [6.45, 7) is 12.2. The van der Waals surface area contributed by atoms with Gasteiger partial charge >= 0.3 is 0 Å². The third-order valence-corrected chi connectivity index (χ3v) is 3.55. The first-order valence-electron chi connectivity index (χ1n) is 6.19. The first kappa shape index (κ1) is 13.5. The zero-order chi connectivity index (χ0) is 12.3. The van der Waals surface area contributed by atoms with Crippen molar-refractivity contribution in [3.63, 3.8) is 0 Å². The minimum absolute atomic E-state index is 0.223. The zero-order valence-corrected chi connectivity index (χ0v) is 11.3. The van der Waals surface area contributed by atoms with E-state index in [-0.39, 0.29) is 5.54 Å². The van der Waals surface area contributed by atoms with E-state index < -0.39 is 0 Å².